The average molecular weight is 431 g/mol. The van der Waals surface area contributed by atoms with Gasteiger partial charge >= 0.3 is 0 Å². The number of ether oxygens (including phenoxy) is 1. The van der Waals surface area contributed by atoms with Crippen LogP contribution in [0.15, 0.2) is 64.6 Å². The molecule has 2 aromatic carbocycles. The molecule has 0 aliphatic carbocycles. The van der Waals surface area contributed by atoms with Gasteiger partial charge in [0.15, 0.2) is 0 Å². The van der Waals surface area contributed by atoms with Gasteiger partial charge in [-0.05, 0) is 50.6 Å². The smallest absolute Gasteiger partial charge is 0.270 e. The van der Waals surface area contributed by atoms with Gasteiger partial charge in [-0.3, -0.25) is 14.9 Å². The van der Waals surface area contributed by atoms with E-state index in [0.717, 1.165) is 5.56 Å². The lowest BCUT2D eigenvalue weighted by molar-refractivity contribution is -0.384. The topological polar surface area (TPSA) is 118 Å². The first-order valence-electron chi connectivity index (χ1n) is 9.82. The average Bonchev–Trinajstić information content (AvgIpc) is 3.20. The van der Waals surface area contributed by atoms with Crippen molar-refractivity contribution in [2.45, 2.75) is 26.9 Å². The monoisotopic (exact) mass is 431 g/mol. The van der Waals surface area contributed by atoms with Gasteiger partial charge in [0.25, 0.3) is 11.6 Å². The van der Waals surface area contributed by atoms with E-state index in [2.05, 4.69) is 5.32 Å². The molecule has 1 heterocycles. The molecule has 3 aromatic rings. The van der Waals surface area contributed by atoms with Gasteiger partial charge in [-0.2, -0.15) is 5.26 Å². The molecule has 0 unspecified atom stereocenters. The van der Waals surface area contributed by atoms with Gasteiger partial charge in [-0.15, -0.1) is 0 Å². The molecule has 0 fully saturated rings. The summed E-state index contributed by atoms with van der Waals surface area (Å²) < 4.78 is 11.3. The fourth-order valence-electron chi connectivity index (χ4n) is 2.97. The Kier molecular flexibility index (Phi) is 6.71. The van der Waals surface area contributed by atoms with E-state index in [4.69, 9.17) is 9.15 Å². The van der Waals surface area contributed by atoms with Crippen LogP contribution in [-0.4, -0.2) is 16.9 Å². The van der Waals surface area contributed by atoms with Gasteiger partial charge in [-0.1, -0.05) is 12.1 Å². The zero-order valence-electron chi connectivity index (χ0n) is 17.8. The number of carbonyl (C=O) groups excluding carboxylic acids is 1. The molecule has 0 aliphatic rings. The molecule has 1 N–H and O–H groups in total. The second kappa shape index (κ2) is 9.62. The number of nitriles is 1. The first kappa shape index (κ1) is 22.3. The summed E-state index contributed by atoms with van der Waals surface area (Å²) in [6, 6.07) is 16.5. The molecule has 0 atom stereocenters. The summed E-state index contributed by atoms with van der Waals surface area (Å²) in [6.07, 6.45) is 1.30. The van der Waals surface area contributed by atoms with E-state index >= 15 is 0 Å². The number of aryl methyl sites for hydroxylation is 1. The van der Waals surface area contributed by atoms with Crippen LogP contribution in [0, 0.1) is 28.4 Å². The van der Waals surface area contributed by atoms with Gasteiger partial charge in [0.05, 0.1) is 11.0 Å². The number of benzene rings is 2. The molecule has 0 saturated carbocycles. The van der Waals surface area contributed by atoms with Crippen molar-refractivity contribution in [1.82, 2.24) is 0 Å². The fourth-order valence-corrected chi connectivity index (χ4v) is 2.97. The summed E-state index contributed by atoms with van der Waals surface area (Å²) in [7, 11) is 0. The van der Waals surface area contributed by atoms with E-state index < -0.39 is 10.8 Å². The third-order valence-electron chi connectivity index (χ3n) is 4.44. The first-order valence-corrected chi connectivity index (χ1v) is 9.82. The second-order valence-electron chi connectivity index (χ2n) is 7.28. The molecule has 0 spiro atoms. The second-order valence-corrected chi connectivity index (χ2v) is 7.28. The summed E-state index contributed by atoms with van der Waals surface area (Å²) in [5.74, 6) is 0.671. The van der Waals surface area contributed by atoms with Crippen molar-refractivity contribution in [3.05, 3.63) is 81.6 Å². The predicted molar refractivity (Wildman–Crippen MR) is 120 cm³/mol. The predicted octanol–water partition coefficient (Wildman–Crippen LogP) is 5.50. The Hall–Kier alpha value is -4.38. The van der Waals surface area contributed by atoms with Crippen molar-refractivity contribution in [3.8, 4) is 23.1 Å². The Morgan fingerprint density at radius 2 is 2.00 bits per heavy atom. The molecule has 0 bridgehead atoms. The van der Waals surface area contributed by atoms with E-state index in [1.54, 1.807) is 42.5 Å². The number of furan rings is 1. The number of nitro groups is 1. The molecule has 0 saturated heterocycles. The van der Waals surface area contributed by atoms with Crippen LogP contribution < -0.4 is 10.1 Å². The Labute approximate surface area is 184 Å². The molecule has 3 rings (SSSR count). The maximum atomic E-state index is 12.6. The number of nitrogens with zero attached hydrogens (tertiary/aromatic N) is 2. The third-order valence-corrected chi connectivity index (χ3v) is 4.44. The van der Waals surface area contributed by atoms with Gasteiger partial charge in [0.1, 0.15) is 28.9 Å². The number of non-ortho nitro benzene ring substituents is 1. The number of amides is 1. The van der Waals surface area contributed by atoms with Crippen molar-refractivity contribution >= 4 is 23.4 Å². The lowest BCUT2D eigenvalue weighted by atomic mass is 10.1. The summed E-state index contributed by atoms with van der Waals surface area (Å²) in [5, 5.41) is 23.2. The van der Waals surface area contributed by atoms with Gasteiger partial charge < -0.3 is 14.5 Å². The molecule has 0 radical (unpaired) electrons. The van der Waals surface area contributed by atoms with Crippen LogP contribution in [0.25, 0.3) is 17.4 Å². The van der Waals surface area contributed by atoms with Crippen LogP contribution in [0.4, 0.5) is 11.4 Å². The highest BCUT2D eigenvalue weighted by atomic mass is 16.6. The standard InChI is InChI=1S/C24H21N3O5/c1-15(2)31-20-6-4-5-18(12-20)26-24(28)17(14-25)11-21-9-10-23(32-21)22-13-19(27(29)30)8-7-16(22)3/h4-13,15H,1-3H3,(H,26,28)/b17-11-. The highest BCUT2D eigenvalue weighted by molar-refractivity contribution is 6.09. The van der Waals surface area contributed by atoms with Crippen molar-refractivity contribution in [1.29, 1.82) is 5.26 Å². The number of hydrogen-bond donors (Lipinski definition) is 1. The number of nitrogens with one attached hydrogen (secondary N) is 1. The van der Waals surface area contributed by atoms with Crippen LogP contribution in [-0.2, 0) is 4.79 Å². The number of nitro benzene ring substituents is 1. The zero-order valence-corrected chi connectivity index (χ0v) is 17.8. The summed E-state index contributed by atoms with van der Waals surface area (Å²) in [6.45, 7) is 5.60. The molecule has 0 aliphatic heterocycles. The highest BCUT2D eigenvalue weighted by Crippen LogP contribution is 2.30. The van der Waals surface area contributed by atoms with Gasteiger partial charge in [0.2, 0.25) is 0 Å². The van der Waals surface area contributed by atoms with Crippen LogP contribution in [0.5, 0.6) is 5.75 Å². The minimum absolute atomic E-state index is 0.0154. The van der Waals surface area contributed by atoms with Crippen LogP contribution >= 0.6 is 0 Å². The maximum Gasteiger partial charge on any atom is 0.270 e. The molecule has 8 nitrogen and oxygen atoms in total. The number of rotatable bonds is 7. The van der Waals surface area contributed by atoms with Gasteiger partial charge in [-0.25, -0.2) is 0 Å². The zero-order chi connectivity index (χ0) is 23.3. The van der Waals surface area contributed by atoms with Crippen molar-refractivity contribution in [2.24, 2.45) is 0 Å². The van der Waals surface area contributed by atoms with Gasteiger partial charge in [0, 0.05) is 35.5 Å². The maximum absolute atomic E-state index is 12.6. The van der Waals surface area contributed by atoms with Crippen LogP contribution in [0.1, 0.15) is 25.2 Å². The Morgan fingerprint density at radius 1 is 1.22 bits per heavy atom. The molecule has 1 amide bonds. The number of hydrogen-bond acceptors (Lipinski definition) is 6. The fraction of sp³-hybridized carbons (Fsp3) is 0.167. The summed E-state index contributed by atoms with van der Waals surface area (Å²) in [4.78, 5) is 23.2. The van der Waals surface area contributed by atoms with E-state index in [0.29, 0.717) is 22.8 Å². The lowest BCUT2D eigenvalue weighted by Crippen LogP contribution is -2.13. The number of carbonyl (C=O) groups is 1. The summed E-state index contributed by atoms with van der Waals surface area (Å²) in [5.41, 5.74) is 1.63. The molecule has 162 valence electrons. The van der Waals surface area contributed by atoms with E-state index in [-0.39, 0.29) is 23.1 Å². The minimum Gasteiger partial charge on any atom is -0.491 e. The van der Waals surface area contributed by atoms with Crippen LogP contribution in [0.3, 0.4) is 0 Å². The normalized spacial score (nSPS) is 11.2. The Morgan fingerprint density at radius 3 is 2.69 bits per heavy atom. The number of anilines is 1. The molecule has 8 heteroatoms. The van der Waals surface area contributed by atoms with E-state index in [1.165, 1.54) is 18.2 Å². The molecular formula is C24H21N3O5. The van der Waals surface area contributed by atoms with E-state index in [1.807, 2.05) is 26.8 Å². The van der Waals surface area contributed by atoms with Crippen molar-refractivity contribution in [3.63, 3.8) is 0 Å². The first-order chi connectivity index (χ1) is 15.3. The minimum atomic E-state index is -0.598. The lowest BCUT2D eigenvalue weighted by Gasteiger charge is -2.11. The molecular weight excluding hydrogens is 410 g/mol. The molecule has 1 aromatic heterocycles. The highest BCUT2D eigenvalue weighted by Gasteiger charge is 2.15. The SMILES string of the molecule is Cc1ccc([N+](=O)[O-])cc1-c1ccc(/C=C(/C#N)C(=O)Nc2cccc(OC(C)C)c2)o1. The largest absolute Gasteiger partial charge is 0.491 e. The quantitative estimate of drug-likeness (QED) is 0.228. The third kappa shape index (κ3) is 5.40. The summed E-state index contributed by atoms with van der Waals surface area (Å²) >= 11 is 0. The Balaban J connectivity index is 1.81. The van der Waals surface area contributed by atoms with Crippen molar-refractivity contribution < 1.29 is 18.9 Å². The van der Waals surface area contributed by atoms with Crippen molar-refractivity contribution in [2.75, 3.05) is 5.32 Å². The Bertz CT molecular complexity index is 1230. The van der Waals surface area contributed by atoms with Crippen LogP contribution in [0.2, 0.25) is 0 Å². The molecule has 32 heavy (non-hydrogen) atoms. The van der Waals surface area contributed by atoms with E-state index in [9.17, 15) is 20.2 Å².